The van der Waals surface area contributed by atoms with Gasteiger partial charge in [-0.25, -0.2) is 4.98 Å². The van der Waals surface area contributed by atoms with Crippen molar-refractivity contribution in [1.82, 2.24) is 4.98 Å². The first-order valence-electron chi connectivity index (χ1n) is 7.33. The van der Waals surface area contributed by atoms with Crippen LogP contribution >= 0.6 is 11.3 Å². The Morgan fingerprint density at radius 1 is 1.22 bits per heavy atom. The van der Waals surface area contributed by atoms with Crippen molar-refractivity contribution < 1.29 is 14.7 Å². The van der Waals surface area contributed by atoms with Crippen molar-refractivity contribution in [2.45, 2.75) is 39.0 Å². The van der Waals surface area contributed by atoms with Crippen LogP contribution in [0.25, 0.3) is 0 Å². The molecule has 0 bridgehead atoms. The second kappa shape index (κ2) is 6.91. The summed E-state index contributed by atoms with van der Waals surface area (Å²) in [5.41, 5.74) is 3.90. The lowest BCUT2D eigenvalue weighted by molar-refractivity contribution is -0.136. The molecule has 5 nitrogen and oxygen atoms in total. The number of amides is 1. The van der Waals surface area contributed by atoms with Gasteiger partial charge in [-0.2, -0.15) is 0 Å². The maximum absolute atomic E-state index is 12.4. The number of carbonyl (C=O) groups excluding carboxylic acids is 1. The standard InChI is InChI=1S/C17H20N2O3S/c1-17(2,3)15-14(23-10-18-15)16(22)19-12-7-4-11(5-8-12)6-9-13(20)21/h4-5,7-8,10H,6,9H2,1-3H3,(H,19,22)(H,20,21). The molecule has 0 aliphatic heterocycles. The number of carbonyl (C=O) groups is 2. The largest absolute Gasteiger partial charge is 0.481 e. The van der Waals surface area contributed by atoms with Crippen LogP contribution in [0.5, 0.6) is 0 Å². The molecule has 23 heavy (non-hydrogen) atoms. The van der Waals surface area contributed by atoms with Crippen molar-refractivity contribution >= 4 is 28.9 Å². The fraction of sp³-hybridized carbons (Fsp3) is 0.353. The van der Waals surface area contributed by atoms with E-state index in [9.17, 15) is 9.59 Å². The molecule has 0 aliphatic rings. The summed E-state index contributed by atoms with van der Waals surface area (Å²) in [7, 11) is 0. The number of hydrogen-bond acceptors (Lipinski definition) is 4. The number of carboxylic acid groups (broad SMARTS) is 1. The Morgan fingerprint density at radius 3 is 2.43 bits per heavy atom. The van der Waals surface area contributed by atoms with Gasteiger partial charge in [0, 0.05) is 17.5 Å². The molecular formula is C17H20N2O3S. The van der Waals surface area contributed by atoms with Gasteiger partial charge in [-0.05, 0) is 24.1 Å². The molecule has 0 saturated carbocycles. The zero-order chi connectivity index (χ0) is 17.0. The zero-order valence-electron chi connectivity index (χ0n) is 13.4. The van der Waals surface area contributed by atoms with Crippen molar-refractivity contribution in [3.63, 3.8) is 0 Å². The number of aromatic nitrogens is 1. The van der Waals surface area contributed by atoms with Crippen LogP contribution in [0.15, 0.2) is 29.8 Å². The number of thiazole rings is 1. The number of anilines is 1. The summed E-state index contributed by atoms with van der Waals surface area (Å²) >= 11 is 1.33. The van der Waals surface area contributed by atoms with E-state index >= 15 is 0 Å². The Balaban J connectivity index is 2.06. The summed E-state index contributed by atoms with van der Waals surface area (Å²) < 4.78 is 0. The van der Waals surface area contributed by atoms with Crippen molar-refractivity contribution in [1.29, 1.82) is 0 Å². The summed E-state index contributed by atoms with van der Waals surface area (Å²) in [4.78, 5) is 27.9. The Labute approximate surface area is 139 Å². The topological polar surface area (TPSA) is 79.3 Å². The molecule has 0 unspecified atom stereocenters. The molecule has 0 saturated heterocycles. The Bertz CT molecular complexity index is 699. The predicted octanol–water partition coefficient (Wildman–Crippen LogP) is 3.71. The fourth-order valence-corrected chi connectivity index (χ4v) is 3.03. The van der Waals surface area contributed by atoms with Gasteiger partial charge in [-0.1, -0.05) is 32.9 Å². The molecule has 0 atom stereocenters. The van der Waals surface area contributed by atoms with Gasteiger partial charge in [0.25, 0.3) is 5.91 Å². The molecule has 1 aromatic heterocycles. The van der Waals surface area contributed by atoms with E-state index in [1.807, 2.05) is 32.9 Å². The molecule has 1 aromatic carbocycles. The minimum absolute atomic E-state index is 0.0987. The number of aryl methyl sites for hydroxylation is 1. The Morgan fingerprint density at radius 2 is 1.87 bits per heavy atom. The molecule has 122 valence electrons. The predicted molar refractivity (Wildman–Crippen MR) is 91.2 cm³/mol. The second-order valence-electron chi connectivity index (χ2n) is 6.32. The molecule has 2 rings (SSSR count). The Kier molecular flexibility index (Phi) is 5.15. The summed E-state index contributed by atoms with van der Waals surface area (Å²) in [6.45, 7) is 6.07. The second-order valence-corrected chi connectivity index (χ2v) is 7.18. The van der Waals surface area contributed by atoms with E-state index in [1.165, 1.54) is 11.3 Å². The number of carboxylic acids is 1. The van der Waals surface area contributed by atoms with Crippen LogP contribution in [0.3, 0.4) is 0 Å². The minimum Gasteiger partial charge on any atom is -0.481 e. The maximum atomic E-state index is 12.4. The molecule has 0 aliphatic carbocycles. The first-order chi connectivity index (χ1) is 10.8. The van der Waals surface area contributed by atoms with E-state index in [-0.39, 0.29) is 17.7 Å². The maximum Gasteiger partial charge on any atom is 0.303 e. The van der Waals surface area contributed by atoms with Gasteiger partial charge in [0.05, 0.1) is 11.2 Å². The summed E-state index contributed by atoms with van der Waals surface area (Å²) in [5, 5.41) is 11.5. The monoisotopic (exact) mass is 332 g/mol. The molecule has 1 amide bonds. The SMILES string of the molecule is CC(C)(C)c1ncsc1C(=O)Nc1ccc(CCC(=O)O)cc1. The quantitative estimate of drug-likeness (QED) is 0.875. The van der Waals surface area contributed by atoms with Crippen LogP contribution in [-0.2, 0) is 16.6 Å². The summed E-state index contributed by atoms with van der Waals surface area (Å²) in [5.74, 6) is -0.988. The lowest BCUT2D eigenvalue weighted by Gasteiger charge is -2.17. The van der Waals surface area contributed by atoms with Crippen LogP contribution in [-0.4, -0.2) is 22.0 Å². The van der Waals surface area contributed by atoms with E-state index in [0.717, 1.165) is 11.3 Å². The van der Waals surface area contributed by atoms with Crippen LogP contribution < -0.4 is 5.32 Å². The summed E-state index contributed by atoms with van der Waals surface area (Å²) in [6.07, 6.45) is 0.577. The van der Waals surface area contributed by atoms with Crippen molar-refractivity contribution in [3.8, 4) is 0 Å². The highest BCUT2D eigenvalue weighted by molar-refractivity contribution is 7.12. The van der Waals surface area contributed by atoms with E-state index in [0.29, 0.717) is 17.0 Å². The van der Waals surface area contributed by atoms with Crippen LogP contribution in [0, 0.1) is 0 Å². The average molecular weight is 332 g/mol. The average Bonchev–Trinajstić information content (AvgIpc) is 2.96. The molecular weight excluding hydrogens is 312 g/mol. The smallest absolute Gasteiger partial charge is 0.303 e. The fourth-order valence-electron chi connectivity index (χ4n) is 2.14. The van der Waals surface area contributed by atoms with Crippen LogP contribution in [0.4, 0.5) is 5.69 Å². The molecule has 2 aromatic rings. The van der Waals surface area contributed by atoms with Gasteiger partial charge >= 0.3 is 5.97 Å². The van der Waals surface area contributed by atoms with Gasteiger partial charge in [-0.15, -0.1) is 11.3 Å². The van der Waals surface area contributed by atoms with E-state index in [1.54, 1.807) is 17.6 Å². The van der Waals surface area contributed by atoms with Gasteiger partial charge < -0.3 is 10.4 Å². The lowest BCUT2D eigenvalue weighted by atomic mass is 9.91. The first-order valence-corrected chi connectivity index (χ1v) is 8.21. The number of nitrogens with zero attached hydrogens (tertiary/aromatic N) is 1. The number of benzene rings is 1. The van der Waals surface area contributed by atoms with E-state index < -0.39 is 5.97 Å². The highest BCUT2D eigenvalue weighted by atomic mass is 32.1. The van der Waals surface area contributed by atoms with Crippen molar-refractivity contribution in [3.05, 3.63) is 45.9 Å². The number of rotatable bonds is 5. The number of hydrogen-bond donors (Lipinski definition) is 2. The van der Waals surface area contributed by atoms with Crippen LogP contribution in [0.2, 0.25) is 0 Å². The highest BCUT2D eigenvalue weighted by Gasteiger charge is 2.24. The lowest BCUT2D eigenvalue weighted by Crippen LogP contribution is -2.19. The van der Waals surface area contributed by atoms with E-state index in [2.05, 4.69) is 10.3 Å². The van der Waals surface area contributed by atoms with Crippen molar-refractivity contribution in [2.75, 3.05) is 5.32 Å². The molecule has 2 N–H and O–H groups in total. The van der Waals surface area contributed by atoms with Gasteiger partial charge in [-0.3, -0.25) is 9.59 Å². The van der Waals surface area contributed by atoms with E-state index in [4.69, 9.17) is 5.11 Å². The molecule has 0 fully saturated rings. The third kappa shape index (κ3) is 4.63. The first kappa shape index (κ1) is 17.1. The number of aliphatic carboxylic acids is 1. The normalized spacial score (nSPS) is 11.3. The molecule has 0 spiro atoms. The summed E-state index contributed by atoms with van der Waals surface area (Å²) in [6, 6.07) is 7.23. The van der Waals surface area contributed by atoms with Crippen LogP contribution in [0.1, 0.15) is 48.1 Å². The number of nitrogens with one attached hydrogen (secondary N) is 1. The Hall–Kier alpha value is -2.21. The van der Waals surface area contributed by atoms with Gasteiger partial charge in [0.2, 0.25) is 0 Å². The highest BCUT2D eigenvalue weighted by Crippen LogP contribution is 2.27. The molecule has 0 radical (unpaired) electrons. The third-order valence-corrected chi connectivity index (χ3v) is 4.15. The third-order valence-electron chi connectivity index (χ3n) is 3.32. The van der Waals surface area contributed by atoms with Crippen molar-refractivity contribution in [2.24, 2.45) is 0 Å². The molecule has 6 heteroatoms. The molecule has 1 heterocycles. The van der Waals surface area contributed by atoms with Gasteiger partial charge in [0.1, 0.15) is 4.88 Å². The zero-order valence-corrected chi connectivity index (χ0v) is 14.2. The minimum atomic E-state index is -0.817. The van der Waals surface area contributed by atoms with Gasteiger partial charge in [0.15, 0.2) is 0 Å².